The van der Waals surface area contributed by atoms with E-state index in [1.54, 1.807) is 0 Å². The van der Waals surface area contributed by atoms with Crippen LogP contribution in [0.4, 0.5) is 0 Å². The first kappa shape index (κ1) is 11.2. The first-order valence-electron chi connectivity index (χ1n) is 4.67. The Labute approximate surface area is 85.5 Å². The number of aliphatic hydroxyl groups is 5. The molecule has 0 aliphatic carbocycles. The lowest BCUT2D eigenvalue weighted by molar-refractivity contribution is -0.306. The summed E-state index contributed by atoms with van der Waals surface area (Å²) in [6.45, 7) is -1.09. The van der Waals surface area contributed by atoms with Crippen molar-refractivity contribution in [1.29, 1.82) is 0 Å². The van der Waals surface area contributed by atoms with E-state index >= 15 is 0 Å². The molecule has 2 heterocycles. The van der Waals surface area contributed by atoms with Crippen molar-refractivity contribution >= 4 is 0 Å². The Morgan fingerprint density at radius 1 is 1.00 bits per heavy atom. The van der Waals surface area contributed by atoms with Crippen LogP contribution in [0.25, 0.3) is 0 Å². The summed E-state index contributed by atoms with van der Waals surface area (Å²) < 4.78 is 10.3. The molecule has 5 N–H and O–H groups in total. The van der Waals surface area contributed by atoms with Crippen molar-refractivity contribution in [1.82, 2.24) is 0 Å². The predicted octanol–water partition coefficient (Wildman–Crippen LogP) is -3.45. The van der Waals surface area contributed by atoms with Gasteiger partial charge in [0.25, 0.3) is 0 Å². The zero-order chi connectivity index (χ0) is 11.2. The SMILES string of the molecule is OC[C@H]1O[C@]2(CO)O[C@H]1[C@H](O)[C@@H](O)[C@@H]2O. The van der Waals surface area contributed by atoms with Gasteiger partial charge in [-0.1, -0.05) is 0 Å². The van der Waals surface area contributed by atoms with Gasteiger partial charge in [0.15, 0.2) is 0 Å². The van der Waals surface area contributed by atoms with Crippen LogP contribution >= 0.6 is 0 Å². The average Bonchev–Trinajstić information content (AvgIpc) is 2.62. The first-order chi connectivity index (χ1) is 7.05. The van der Waals surface area contributed by atoms with E-state index < -0.39 is 49.5 Å². The minimum Gasteiger partial charge on any atom is -0.394 e. The molecule has 0 aromatic heterocycles. The summed E-state index contributed by atoms with van der Waals surface area (Å²) in [5, 5.41) is 46.6. The molecule has 2 fully saturated rings. The topological polar surface area (TPSA) is 120 Å². The highest BCUT2D eigenvalue weighted by atomic mass is 16.8. The molecule has 0 saturated carbocycles. The van der Waals surface area contributed by atoms with Crippen molar-refractivity contribution in [2.45, 2.75) is 36.3 Å². The third kappa shape index (κ3) is 1.40. The Morgan fingerprint density at radius 3 is 2.20 bits per heavy atom. The minimum absolute atomic E-state index is 0.428. The smallest absolute Gasteiger partial charge is 0.222 e. The van der Waals surface area contributed by atoms with E-state index in [-0.39, 0.29) is 0 Å². The second kappa shape index (κ2) is 3.63. The van der Waals surface area contributed by atoms with Crippen molar-refractivity contribution in [2.24, 2.45) is 0 Å². The van der Waals surface area contributed by atoms with E-state index in [9.17, 15) is 15.3 Å². The lowest BCUT2D eigenvalue weighted by atomic mass is 9.93. The summed E-state index contributed by atoms with van der Waals surface area (Å²) in [7, 11) is 0. The fraction of sp³-hybridized carbons (Fsp3) is 1.00. The van der Waals surface area contributed by atoms with Gasteiger partial charge in [-0.15, -0.1) is 0 Å². The zero-order valence-corrected chi connectivity index (χ0v) is 7.85. The summed E-state index contributed by atoms with van der Waals surface area (Å²) in [6.07, 6.45) is -6.17. The fourth-order valence-corrected chi connectivity index (χ4v) is 2.04. The number of aliphatic hydroxyl groups excluding tert-OH is 5. The van der Waals surface area contributed by atoms with Crippen LogP contribution in [0.3, 0.4) is 0 Å². The lowest BCUT2D eigenvalue weighted by Crippen LogP contribution is -2.62. The number of ether oxygens (including phenoxy) is 2. The molecule has 7 heteroatoms. The highest BCUT2D eigenvalue weighted by molar-refractivity contribution is 5.04. The van der Waals surface area contributed by atoms with Crippen LogP contribution in [-0.4, -0.2) is 75.1 Å². The van der Waals surface area contributed by atoms with E-state index in [1.165, 1.54) is 0 Å². The molecule has 2 bridgehead atoms. The molecular weight excluding hydrogens is 208 g/mol. The largest absolute Gasteiger partial charge is 0.394 e. The van der Waals surface area contributed by atoms with Gasteiger partial charge in [-0.2, -0.15) is 0 Å². The average molecular weight is 222 g/mol. The molecule has 2 aliphatic rings. The molecular formula is C8H14O7. The van der Waals surface area contributed by atoms with Crippen molar-refractivity contribution in [3.63, 3.8) is 0 Å². The fourth-order valence-electron chi connectivity index (χ4n) is 2.04. The van der Waals surface area contributed by atoms with Gasteiger partial charge in [0.05, 0.1) is 6.61 Å². The first-order valence-corrected chi connectivity index (χ1v) is 4.67. The van der Waals surface area contributed by atoms with Gasteiger partial charge in [0.1, 0.15) is 37.1 Å². The Hall–Kier alpha value is -0.280. The van der Waals surface area contributed by atoms with Gasteiger partial charge in [0.2, 0.25) is 5.79 Å². The minimum atomic E-state index is -1.74. The molecule has 6 atom stereocenters. The highest BCUT2D eigenvalue weighted by Gasteiger charge is 2.62. The monoisotopic (exact) mass is 222 g/mol. The van der Waals surface area contributed by atoms with E-state index in [2.05, 4.69) is 0 Å². The van der Waals surface area contributed by atoms with E-state index in [0.717, 1.165) is 0 Å². The normalized spacial score (nSPS) is 54.6. The molecule has 2 rings (SSSR count). The van der Waals surface area contributed by atoms with Gasteiger partial charge in [-0.05, 0) is 0 Å². The number of hydrogen-bond donors (Lipinski definition) is 5. The van der Waals surface area contributed by atoms with Gasteiger partial charge < -0.3 is 35.0 Å². The molecule has 0 amide bonds. The summed E-state index contributed by atoms with van der Waals surface area (Å²) in [5.74, 6) is -1.74. The molecule has 7 nitrogen and oxygen atoms in total. The summed E-state index contributed by atoms with van der Waals surface area (Å²) in [6, 6.07) is 0. The van der Waals surface area contributed by atoms with Crippen LogP contribution in [0.2, 0.25) is 0 Å². The maximum absolute atomic E-state index is 9.60. The Balaban J connectivity index is 2.29. The number of rotatable bonds is 2. The van der Waals surface area contributed by atoms with Crippen LogP contribution in [0, 0.1) is 0 Å². The van der Waals surface area contributed by atoms with Crippen LogP contribution in [0.15, 0.2) is 0 Å². The molecule has 2 saturated heterocycles. The van der Waals surface area contributed by atoms with E-state index in [0.29, 0.717) is 0 Å². The van der Waals surface area contributed by atoms with Crippen LogP contribution in [0.1, 0.15) is 0 Å². The quantitative estimate of drug-likeness (QED) is 0.329. The van der Waals surface area contributed by atoms with Crippen molar-refractivity contribution in [2.75, 3.05) is 13.2 Å². The molecule has 88 valence electrons. The molecule has 0 unspecified atom stereocenters. The van der Waals surface area contributed by atoms with Crippen molar-refractivity contribution in [3.8, 4) is 0 Å². The van der Waals surface area contributed by atoms with E-state index in [4.69, 9.17) is 19.7 Å². The number of hydrogen-bond acceptors (Lipinski definition) is 7. The molecule has 15 heavy (non-hydrogen) atoms. The second-order valence-corrected chi connectivity index (χ2v) is 3.82. The Bertz CT molecular complexity index is 241. The standard InChI is InChI=1S/C8H14O7/c9-1-3-6-4(11)5(12)7(13)8(2-10,14-3)15-6/h3-7,9-13H,1-2H2/t3-,4-,5-,6-,7+,8-/m1/s1. The third-order valence-electron chi connectivity index (χ3n) is 2.91. The molecule has 0 aromatic carbocycles. The van der Waals surface area contributed by atoms with Gasteiger partial charge >= 0.3 is 0 Å². The maximum atomic E-state index is 9.60. The van der Waals surface area contributed by atoms with Gasteiger partial charge in [0, 0.05) is 0 Å². The Kier molecular flexibility index (Phi) is 2.72. The van der Waals surface area contributed by atoms with Gasteiger partial charge in [-0.3, -0.25) is 0 Å². The molecule has 2 aliphatic heterocycles. The highest BCUT2D eigenvalue weighted by Crippen LogP contribution is 2.40. The van der Waals surface area contributed by atoms with Crippen LogP contribution < -0.4 is 0 Å². The zero-order valence-electron chi connectivity index (χ0n) is 7.85. The second-order valence-electron chi connectivity index (χ2n) is 3.82. The van der Waals surface area contributed by atoms with Crippen LogP contribution in [0.5, 0.6) is 0 Å². The number of fused-ring (bicyclic) bond motifs is 2. The maximum Gasteiger partial charge on any atom is 0.222 e. The van der Waals surface area contributed by atoms with Gasteiger partial charge in [-0.25, -0.2) is 0 Å². The summed E-state index contributed by atoms with van der Waals surface area (Å²) in [4.78, 5) is 0. The third-order valence-corrected chi connectivity index (χ3v) is 2.91. The molecule has 0 radical (unpaired) electrons. The Morgan fingerprint density at radius 2 is 1.67 bits per heavy atom. The summed E-state index contributed by atoms with van der Waals surface area (Å²) >= 11 is 0. The molecule has 0 aromatic rings. The van der Waals surface area contributed by atoms with E-state index in [1.807, 2.05) is 0 Å². The van der Waals surface area contributed by atoms with Crippen molar-refractivity contribution < 1.29 is 35.0 Å². The summed E-state index contributed by atoms with van der Waals surface area (Å²) in [5.41, 5.74) is 0. The lowest BCUT2D eigenvalue weighted by Gasteiger charge is -2.39. The predicted molar refractivity (Wildman–Crippen MR) is 44.7 cm³/mol. The molecule has 0 spiro atoms. The van der Waals surface area contributed by atoms with Crippen LogP contribution in [-0.2, 0) is 9.47 Å². The van der Waals surface area contributed by atoms with Crippen molar-refractivity contribution in [3.05, 3.63) is 0 Å².